The first-order valence-electron chi connectivity index (χ1n) is 4.58. The first-order chi connectivity index (χ1) is 7.22. The Hall–Kier alpha value is -1.54. The van der Waals surface area contributed by atoms with Crippen LogP contribution in [0.4, 0.5) is 5.82 Å². The maximum absolute atomic E-state index is 11.5. The van der Waals surface area contributed by atoms with Crippen LogP contribution >= 0.6 is 12.6 Å². The van der Waals surface area contributed by atoms with Crippen molar-refractivity contribution in [3.63, 3.8) is 0 Å². The van der Waals surface area contributed by atoms with Crippen LogP contribution in [0.2, 0.25) is 0 Å². The Morgan fingerprint density at radius 2 is 2.40 bits per heavy atom. The molecular weight excluding hydrogens is 210 g/mol. The van der Waals surface area contributed by atoms with E-state index in [0.29, 0.717) is 17.8 Å². The van der Waals surface area contributed by atoms with Crippen molar-refractivity contribution in [3.8, 4) is 6.07 Å². The number of nitrogens with zero attached hydrogens (tertiary/aromatic N) is 3. The van der Waals surface area contributed by atoms with Gasteiger partial charge in [-0.25, -0.2) is 4.98 Å². The Kier molecular flexibility index (Phi) is 2.60. The number of amides is 1. The summed E-state index contributed by atoms with van der Waals surface area (Å²) in [6.45, 7) is 0. The maximum Gasteiger partial charge on any atom is 0.229 e. The van der Waals surface area contributed by atoms with E-state index in [-0.39, 0.29) is 11.3 Å². The standard InChI is InChI=1S/C10H9N3OS/c11-5-7-1-2-8(12-6-7)13-9(14)3-4-10(13)15/h1-2,6,10,15H,3-4H2. The van der Waals surface area contributed by atoms with Gasteiger partial charge in [-0.05, 0) is 18.6 Å². The molecule has 1 atom stereocenters. The Labute approximate surface area is 92.9 Å². The molecule has 0 N–H and O–H groups in total. The fourth-order valence-electron chi connectivity index (χ4n) is 1.54. The summed E-state index contributed by atoms with van der Waals surface area (Å²) in [7, 11) is 0. The molecule has 1 aliphatic heterocycles. The van der Waals surface area contributed by atoms with Gasteiger partial charge in [-0.2, -0.15) is 17.9 Å². The van der Waals surface area contributed by atoms with Crippen molar-refractivity contribution < 1.29 is 4.79 Å². The van der Waals surface area contributed by atoms with E-state index >= 15 is 0 Å². The van der Waals surface area contributed by atoms with Crippen molar-refractivity contribution in [1.29, 1.82) is 5.26 Å². The summed E-state index contributed by atoms with van der Waals surface area (Å²) in [5.41, 5.74) is 0.487. The number of nitriles is 1. The van der Waals surface area contributed by atoms with Gasteiger partial charge in [-0.15, -0.1) is 0 Å². The Bertz CT molecular complexity index is 423. The van der Waals surface area contributed by atoms with E-state index in [2.05, 4.69) is 17.6 Å². The van der Waals surface area contributed by atoms with Crippen molar-refractivity contribution in [1.82, 2.24) is 4.98 Å². The van der Waals surface area contributed by atoms with Crippen molar-refractivity contribution in [2.24, 2.45) is 0 Å². The monoisotopic (exact) mass is 219 g/mol. The fraction of sp³-hybridized carbons (Fsp3) is 0.300. The topological polar surface area (TPSA) is 57.0 Å². The number of hydrogen-bond donors (Lipinski definition) is 1. The lowest BCUT2D eigenvalue weighted by molar-refractivity contribution is -0.117. The number of hydrogen-bond acceptors (Lipinski definition) is 4. The van der Waals surface area contributed by atoms with Gasteiger partial charge < -0.3 is 0 Å². The van der Waals surface area contributed by atoms with Gasteiger partial charge in [-0.1, -0.05) is 0 Å². The Morgan fingerprint density at radius 1 is 1.60 bits per heavy atom. The average molecular weight is 219 g/mol. The van der Waals surface area contributed by atoms with E-state index in [1.807, 2.05) is 6.07 Å². The van der Waals surface area contributed by atoms with Crippen LogP contribution in [0.15, 0.2) is 18.3 Å². The number of pyridine rings is 1. The summed E-state index contributed by atoms with van der Waals surface area (Å²) in [6, 6.07) is 5.30. The minimum atomic E-state index is -0.0991. The molecule has 4 nitrogen and oxygen atoms in total. The highest BCUT2D eigenvalue weighted by atomic mass is 32.1. The van der Waals surface area contributed by atoms with Crippen LogP contribution in [0.5, 0.6) is 0 Å². The second kappa shape index (κ2) is 3.91. The number of carbonyl (C=O) groups is 1. The van der Waals surface area contributed by atoms with Crippen LogP contribution in [-0.4, -0.2) is 16.3 Å². The van der Waals surface area contributed by atoms with Crippen LogP contribution in [0.1, 0.15) is 18.4 Å². The lowest BCUT2D eigenvalue weighted by Gasteiger charge is -2.19. The zero-order chi connectivity index (χ0) is 10.8. The van der Waals surface area contributed by atoms with Crippen molar-refractivity contribution in [2.75, 3.05) is 4.90 Å². The van der Waals surface area contributed by atoms with Crippen molar-refractivity contribution >= 4 is 24.4 Å². The van der Waals surface area contributed by atoms with Gasteiger partial charge in [0.1, 0.15) is 11.9 Å². The molecule has 1 aromatic heterocycles. The minimum absolute atomic E-state index is 0.0345. The third kappa shape index (κ3) is 1.81. The average Bonchev–Trinajstić information content (AvgIpc) is 2.59. The molecule has 76 valence electrons. The molecule has 0 spiro atoms. The van der Waals surface area contributed by atoms with Crippen LogP contribution in [0, 0.1) is 11.3 Å². The zero-order valence-corrected chi connectivity index (χ0v) is 8.82. The van der Waals surface area contributed by atoms with Gasteiger partial charge in [0.15, 0.2) is 0 Å². The van der Waals surface area contributed by atoms with Crippen molar-refractivity contribution in [2.45, 2.75) is 18.2 Å². The van der Waals surface area contributed by atoms with Gasteiger partial charge >= 0.3 is 0 Å². The minimum Gasteiger partial charge on any atom is -0.284 e. The lowest BCUT2D eigenvalue weighted by atomic mass is 10.3. The lowest BCUT2D eigenvalue weighted by Crippen LogP contribution is -2.29. The highest BCUT2D eigenvalue weighted by Crippen LogP contribution is 2.26. The van der Waals surface area contributed by atoms with Gasteiger partial charge in [0.05, 0.1) is 10.9 Å². The Balaban J connectivity index is 2.30. The third-order valence-electron chi connectivity index (χ3n) is 2.31. The van der Waals surface area contributed by atoms with Crippen LogP contribution in [0.3, 0.4) is 0 Å². The molecule has 1 aliphatic rings. The predicted molar refractivity (Wildman–Crippen MR) is 58.4 cm³/mol. The van der Waals surface area contributed by atoms with E-state index < -0.39 is 0 Å². The number of rotatable bonds is 1. The number of thiol groups is 1. The summed E-state index contributed by atoms with van der Waals surface area (Å²) in [6.07, 6.45) is 2.71. The fourth-order valence-corrected chi connectivity index (χ4v) is 1.92. The van der Waals surface area contributed by atoms with Gasteiger partial charge in [-0.3, -0.25) is 9.69 Å². The molecule has 2 heterocycles. The molecular formula is C10H9N3OS. The highest BCUT2D eigenvalue weighted by Gasteiger charge is 2.30. The second-order valence-corrected chi connectivity index (χ2v) is 3.90. The SMILES string of the molecule is N#Cc1ccc(N2C(=O)CCC2S)nc1. The number of aromatic nitrogens is 1. The van der Waals surface area contributed by atoms with E-state index in [9.17, 15) is 4.79 Å². The van der Waals surface area contributed by atoms with Crippen molar-refractivity contribution in [3.05, 3.63) is 23.9 Å². The molecule has 1 saturated heterocycles. The molecule has 5 heteroatoms. The first kappa shape index (κ1) is 9.99. The molecule has 0 radical (unpaired) electrons. The molecule has 1 aromatic rings. The van der Waals surface area contributed by atoms with Gasteiger partial charge in [0.25, 0.3) is 0 Å². The van der Waals surface area contributed by atoms with E-state index in [4.69, 9.17) is 5.26 Å². The van der Waals surface area contributed by atoms with Crippen LogP contribution < -0.4 is 4.90 Å². The second-order valence-electron chi connectivity index (χ2n) is 3.30. The van der Waals surface area contributed by atoms with E-state index in [1.54, 1.807) is 17.0 Å². The summed E-state index contributed by atoms with van der Waals surface area (Å²) in [5, 5.41) is 8.51. The molecule has 0 bridgehead atoms. The summed E-state index contributed by atoms with van der Waals surface area (Å²) in [5.74, 6) is 0.601. The normalized spacial score (nSPS) is 20.4. The maximum atomic E-state index is 11.5. The van der Waals surface area contributed by atoms with Crippen LogP contribution in [-0.2, 0) is 4.79 Å². The molecule has 1 fully saturated rings. The molecule has 0 aliphatic carbocycles. The third-order valence-corrected chi connectivity index (χ3v) is 2.80. The molecule has 15 heavy (non-hydrogen) atoms. The predicted octanol–water partition coefficient (Wildman–Crippen LogP) is 1.34. The first-order valence-corrected chi connectivity index (χ1v) is 5.10. The number of anilines is 1. The largest absolute Gasteiger partial charge is 0.284 e. The van der Waals surface area contributed by atoms with Gasteiger partial charge in [0, 0.05) is 12.6 Å². The smallest absolute Gasteiger partial charge is 0.229 e. The zero-order valence-electron chi connectivity index (χ0n) is 7.92. The Morgan fingerprint density at radius 3 is 2.87 bits per heavy atom. The van der Waals surface area contributed by atoms with Gasteiger partial charge in [0.2, 0.25) is 5.91 Å². The highest BCUT2D eigenvalue weighted by molar-refractivity contribution is 7.81. The summed E-state index contributed by atoms with van der Waals surface area (Å²) < 4.78 is 0. The molecule has 2 rings (SSSR count). The molecule has 1 unspecified atom stereocenters. The summed E-state index contributed by atoms with van der Waals surface area (Å²) >= 11 is 4.31. The quantitative estimate of drug-likeness (QED) is 0.725. The molecule has 0 saturated carbocycles. The van der Waals surface area contributed by atoms with E-state index in [0.717, 1.165) is 6.42 Å². The molecule has 0 aromatic carbocycles. The summed E-state index contributed by atoms with van der Waals surface area (Å²) in [4.78, 5) is 17.1. The van der Waals surface area contributed by atoms with E-state index in [1.165, 1.54) is 6.20 Å². The molecule has 1 amide bonds. The number of carbonyl (C=O) groups excluding carboxylic acids is 1. The van der Waals surface area contributed by atoms with Crippen LogP contribution in [0.25, 0.3) is 0 Å².